The SMILES string of the molecule is Brc1ccc(CN(I)I)cc1.Cn1ccn(C2CC2)[c]1=[Pt]. The monoisotopic (exact) mass is 754 g/mol. The molecule has 1 saturated carbocycles. The van der Waals surface area contributed by atoms with Crippen LogP contribution in [0.25, 0.3) is 0 Å². The van der Waals surface area contributed by atoms with Gasteiger partial charge < -0.3 is 0 Å². The van der Waals surface area contributed by atoms with E-state index in [1.54, 1.807) is 0 Å². The van der Waals surface area contributed by atoms with E-state index in [4.69, 9.17) is 0 Å². The van der Waals surface area contributed by atoms with E-state index in [0.717, 1.165) is 17.1 Å². The van der Waals surface area contributed by atoms with Crippen LogP contribution in [0.3, 0.4) is 0 Å². The minimum atomic E-state index is 0.814. The number of halogens is 3. The van der Waals surface area contributed by atoms with E-state index < -0.39 is 0 Å². The molecule has 7 heteroatoms. The van der Waals surface area contributed by atoms with Crippen LogP contribution in [0, 0.1) is 3.80 Å². The molecule has 1 aliphatic carbocycles. The average molecular weight is 755 g/mol. The fraction of sp³-hybridized carbons (Fsp3) is 0.357. The summed E-state index contributed by atoms with van der Waals surface area (Å²) in [4.78, 5) is 0. The predicted molar refractivity (Wildman–Crippen MR) is 103 cm³/mol. The van der Waals surface area contributed by atoms with E-state index in [1.807, 2.05) is 0 Å². The molecule has 0 unspecified atom stereocenters. The third-order valence-electron chi connectivity index (χ3n) is 3.07. The summed E-state index contributed by atoms with van der Waals surface area (Å²) in [5, 5.41) is 0. The summed E-state index contributed by atoms with van der Waals surface area (Å²) in [7, 11) is 2.08. The van der Waals surface area contributed by atoms with Gasteiger partial charge in [0.25, 0.3) is 0 Å². The van der Waals surface area contributed by atoms with Gasteiger partial charge in [-0.15, -0.1) is 0 Å². The number of aryl methyl sites for hydroxylation is 1. The molecule has 0 aliphatic heterocycles. The van der Waals surface area contributed by atoms with Crippen molar-refractivity contribution in [1.29, 1.82) is 0 Å². The molecule has 0 atom stereocenters. The van der Waals surface area contributed by atoms with Gasteiger partial charge in [-0.1, -0.05) is 28.1 Å². The van der Waals surface area contributed by atoms with E-state index in [2.05, 4.69) is 135 Å². The first-order valence-corrected chi connectivity index (χ1v) is 10.4. The summed E-state index contributed by atoms with van der Waals surface area (Å²) >= 11 is 10.3. The van der Waals surface area contributed by atoms with Crippen LogP contribution in [0.1, 0.15) is 24.4 Å². The Morgan fingerprint density at radius 3 is 2.29 bits per heavy atom. The van der Waals surface area contributed by atoms with Gasteiger partial charge in [0.05, 0.1) is 0 Å². The molecular formula is C14H16BrI2N3Pt. The van der Waals surface area contributed by atoms with Gasteiger partial charge in [-0.3, -0.25) is 0 Å². The van der Waals surface area contributed by atoms with Crippen LogP contribution in [-0.2, 0) is 32.9 Å². The number of benzene rings is 1. The summed E-state index contributed by atoms with van der Waals surface area (Å²) in [6.07, 6.45) is 7.01. The van der Waals surface area contributed by atoms with Crippen molar-refractivity contribution in [2.24, 2.45) is 7.05 Å². The third kappa shape index (κ3) is 6.20. The van der Waals surface area contributed by atoms with Crippen molar-refractivity contribution in [2.75, 3.05) is 0 Å². The van der Waals surface area contributed by atoms with Crippen LogP contribution < -0.4 is 0 Å². The Morgan fingerprint density at radius 2 is 1.86 bits per heavy atom. The second kappa shape index (κ2) is 8.75. The molecule has 1 aromatic heterocycles. The van der Waals surface area contributed by atoms with Crippen molar-refractivity contribution in [1.82, 2.24) is 10.5 Å². The molecule has 0 amide bonds. The zero-order valence-electron chi connectivity index (χ0n) is 11.5. The molecule has 1 heterocycles. The van der Waals surface area contributed by atoms with Crippen LogP contribution in [0.2, 0.25) is 0 Å². The molecular weight excluding hydrogens is 739 g/mol. The van der Waals surface area contributed by atoms with Crippen molar-refractivity contribution in [3.05, 3.63) is 50.5 Å². The first-order valence-electron chi connectivity index (χ1n) is 6.50. The maximum atomic E-state index is 3.39. The number of hydrogen-bond donors (Lipinski definition) is 0. The molecule has 1 aromatic carbocycles. The van der Waals surface area contributed by atoms with E-state index in [1.165, 1.54) is 22.2 Å². The number of nitrogens with zero attached hydrogens (tertiary/aromatic N) is 3. The molecule has 0 saturated heterocycles. The Bertz CT molecular complexity index is 632. The fourth-order valence-corrected chi connectivity index (χ4v) is 3.62. The average Bonchev–Trinajstić information content (AvgIpc) is 3.21. The van der Waals surface area contributed by atoms with Crippen LogP contribution in [0.15, 0.2) is 41.1 Å². The van der Waals surface area contributed by atoms with Gasteiger partial charge in [-0.05, 0) is 17.7 Å². The van der Waals surface area contributed by atoms with Crippen LogP contribution in [-0.4, -0.2) is 10.5 Å². The van der Waals surface area contributed by atoms with Crippen molar-refractivity contribution in [2.45, 2.75) is 25.4 Å². The quantitative estimate of drug-likeness (QED) is 0.311. The Hall–Kier alpha value is 1.02. The molecule has 1 aliphatic rings. The van der Waals surface area contributed by atoms with Crippen molar-refractivity contribution < 1.29 is 19.4 Å². The van der Waals surface area contributed by atoms with Crippen LogP contribution in [0.5, 0.6) is 0 Å². The first-order chi connectivity index (χ1) is 9.97. The van der Waals surface area contributed by atoms with E-state index in [-0.39, 0.29) is 0 Å². The minimum absolute atomic E-state index is 0.814. The molecule has 1 fully saturated rings. The Kier molecular flexibility index (Phi) is 7.65. The van der Waals surface area contributed by atoms with Crippen molar-refractivity contribution in [3.8, 4) is 0 Å². The van der Waals surface area contributed by atoms with E-state index >= 15 is 0 Å². The number of rotatable bonds is 3. The Labute approximate surface area is 172 Å². The van der Waals surface area contributed by atoms with Gasteiger partial charge >= 0.3 is 70.6 Å². The van der Waals surface area contributed by atoms with Crippen molar-refractivity contribution >= 4 is 61.7 Å². The van der Waals surface area contributed by atoms with Crippen LogP contribution in [0.4, 0.5) is 0 Å². The number of aromatic nitrogens is 2. The standard InChI is InChI=1S/C7H6BrI2N.C7H10N2.Pt/c8-7-3-1-6(2-4-7)5-11(9)10;1-8-4-5-9(6-8)7-2-3-7;/h1-4H,5H2;4-5,7H,2-3H2,1H3;. The van der Waals surface area contributed by atoms with Gasteiger partial charge in [-0.2, -0.15) is 1.33 Å². The molecule has 118 valence electrons. The maximum absolute atomic E-state index is 3.39. The van der Waals surface area contributed by atoms with Crippen LogP contribution >= 0.6 is 61.7 Å². The molecule has 3 nitrogen and oxygen atoms in total. The summed E-state index contributed by atoms with van der Waals surface area (Å²) in [6, 6.07) is 9.18. The molecule has 0 bridgehead atoms. The summed E-state index contributed by atoms with van der Waals surface area (Å²) in [6.45, 7) is 0.981. The van der Waals surface area contributed by atoms with Gasteiger partial charge in [0.2, 0.25) is 0 Å². The van der Waals surface area contributed by atoms with E-state index in [9.17, 15) is 0 Å². The summed E-state index contributed by atoms with van der Waals surface area (Å²) < 4.78 is 9.07. The molecule has 0 radical (unpaired) electrons. The zero-order valence-corrected chi connectivity index (χ0v) is 19.6. The van der Waals surface area contributed by atoms with Gasteiger partial charge in [0.15, 0.2) is 0 Å². The van der Waals surface area contributed by atoms with Gasteiger partial charge in [-0.25, -0.2) is 0 Å². The van der Waals surface area contributed by atoms with Crippen molar-refractivity contribution in [3.63, 3.8) is 0 Å². The fourth-order valence-electron chi connectivity index (χ4n) is 1.81. The second-order valence-corrected chi connectivity index (χ2v) is 11.0. The predicted octanol–water partition coefficient (Wildman–Crippen LogP) is 5.19. The molecule has 0 spiro atoms. The second-order valence-electron chi connectivity index (χ2n) is 4.88. The van der Waals surface area contributed by atoms with Gasteiger partial charge in [0, 0.05) is 56.7 Å². The Morgan fingerprint density at radius 1 is 1.24 bits per heavy atom. The Balaban J connectivity index is 0.000000154. The molecule has 2 aromatic rings. The summed E-state index contributed by atoms with van der Waals surface area (Å²) in [5.74, 6) is 0. The first kappa shape index (κ1) is 18.4. The molecule has 3 rings (SSSR count). The third-order valence-corrected chi connectivity index (χ3v) is 5.67. The zero-order chi connectivity index (χ0) is 15.4. The molecule has 0 N–H and O–H groups in total. The topological polar surface area (TPSA) is 13.1 Å². The summed E-state index contributed by atoms with van der Waals surface area (Å²) in [5.41, 5.74) is 1.33. The number of imidazole rings is 1. The van der Waals surface area contributed by atoms with Gasteiger partial charge in [0.1, 0.15) is 0 Å². The normalized spacial score (nSPS) is 14.0. The molecule has 21 heavy (non-hydrogen) atoms. The van der Waals surface area contributed by atoms with E-state index in [0.29, 0.717) is 0 Å². The number of hydrogen-bond acceptors (Lipinski definition) is 1.